The zero-order chi connectivity index (χ0) is 17.0. The molecule has 1 aromatic carbocycles. The molecule has 2 aromatic rings. The van der Waals surface area contributed by atoms with Gasteiger partial charge in [0.15, 0.2) is 0 Å². The Morgan fingerprint density at radius 1 is 1.25 bits per heavy atom. The number of hydrogen-bond acceptors (Lipinski definition) is 5. The predicted molar refractivity (Wildman–Crippen MR) is 98.1 cm³/mol. The van der Waals surface area contributed by atoms with Crippen LogP contribution in [0.5, 0.6) is 0 Å². The second-order valence-corrected chi connectivity index (χ2v) is 8.16. The maximum absolute atomic E-state index is 12.3. The van der Waals surface area contributed by atoms with E-state index in [2.05, 4.69) is 5.32 Å². The van der Waals surface area contributed by atoms with E-state index in [1.807, 2.05) is 30.3 Å². The van der Waals surface area contributed by atoms with Crippen LogP contribution in [0.2, 0.25) is 0 Å². The number of rotatable bonds is 6. The number of hydrogen-bond donors (Lipinski definition) is 2. The molecule has 3 N–H and O–H groups in total. The van der Waals surface area contributed by atoms with Crippen LogP contribution in [-0.2, 0) is 10.0 Å². The fraction of sp³-hybridized carbons (Fsp3) is 0.267. The van der Waals surface area contributed by atoms with Crippen LogP contribution in [0.3, 0.4) is 0 Å². The summed E-state index contributed by atoms with van der Waals surface area (Å²) in [6.07, 6.45) is 0. The first kappa shape index (κ1) is 20.6. The van der Waals surface area contributed by atoms with Gasteiger partial charge >= 0.3 is 0 Å². The van der Waals surface area contributed by atoms with Crippen LogP contribution in [0.1, 0.15) is 21.3 Å². The number of carbonyl (C=O) groups is 1. The van der Waals surface area contributed by atoms with Crippen LogP contribution in [0, 0.1) is 0 Å². The molecule has 0 fully saturated rings. The Morgan fingerprint density at radius 3 is 2.46 bits per heavy atom. The average molecular weight is 390 g/mol. The van der Waals surface area contributed by atoms with E-state index >= 15 is 0 Å². The number of amides is 1. The molecular formula is C15H20ClN3O3S2. The molecule has 1 atom stereocenters. The van der Waals surface area contributed by atoms with Crippen molar-refractivity contribution in [3.63, 3.8) is 0 Å². The van der Waals surface area contributed by atoms with Crippen molar-refractivity contribution in [2.45, 2.75) is 10.9 Å². The predicted octanol–water partition coefficient (Wildman–Crippen LogP) is 1.85. The number of carbonyl (C=O) groups excluding carboxylic acids is 1. The van der Waals surface area contributed by atoms with Gasteiger partial charge < -0.3 is 11.1 Å². The number of nitrogens with zero attached hydrogens (tertiary/aromatic N) is 1. The highest BCUT2D eigenvalue weighted by Gasteiger charge is 2.26. The van der Waals surface area contributed by atoms with E-state index in [0.717, 1.165) is 21.2 Å². The topological polar surface area (TPSA) is 92.5 Å². The maximum atomic E-state index is 12.3. The molecule has 0 saturated carbocycles. The molecule has 9 heteroatoms. The highest BCUT2D eigenvalue weighted by molar-refractivity contribution is 7.89. The van der Waals surface area contributed by atoms with Gasteiger partial charge in [-0.3, -0.25) is 4.79 Å². The quantitative estimate of drug-likeness (QED) is 0.788. The molecule has 0 bridgehead atoms. The van der Waals surface area contributed by atoms with Crippen LogP contribution >= 0.6 is 23.7 Å². The second kappa shape index (κ2) is 8.59. The van der Waals surface area contributed by atoms with Crippen LogP contribution in [-0.4, -0.2) is 39.3 Å². The third kappa shape index (κ3) is 4.55. The molecule has 132 valence electrons. The summed E-state index contributed by atoms with van der Waals surface area (Å²) in [6.45, 7) is 0.224. The summed E-state index contributed by atoms with van der Waals surface area (Å²) in [5, 5.41) is 4.28. The Balaban J connectivity index is 0.00000288. The Morgan fingerprint density at radius 2 is 1.88 bits per heavy atom. The maximum Gasteiger partial charge on any atom is 0.262 e. The third-order valence-corrected chi connectivity index (χ3v) is 6.20. The summed E-state index contributed by atoms with van der Waals surface area (Å²) in [4.78, 5) is 12.5. The van der Waals surface area contributed by atoms with Gasteiger partial charge in [-0.1, -0.05) is 30.3 Å². The van der Waals surface area contributed by atoms with Crippen molar-refractivity contribution < 1.29 is 13.2 Å². The third-order valence-electron chi connectivity index (χ3n) is 3.30. The minimum absolute atomic E-state index is 0. The molecular weight excluding hydrogens is 370 g/mol. The van der Waals surface area contributed by atoms with Gasteiger partial charge in [0, 0.05) is 26.7 Å². The summed E-state index contributed by atoms with van der Waals surface area (Å²) in [5.41, 5.74) is 6.93. The first-order chi connectivity index (χ1) is 10.8. The molecule has 1 aromatic heterocycles. The minimum Gasteiger partial charge on any atom is -0.349 e. The monoisotopic (exact) mass is 389 g/mol. The fourth-order valence-electron chi connectivity index (χ4n) is 1.96. The standard InChI is InChI=1S/C15H19N3O3S2.ClH/c1-18(2)23(20,21)13-8-9-22-14(13)15(19)17-10-12(16)11-6-4-3-5-7-11;/h3-9,12H,10,16H2,1-2H3,(H,17,19);1H. The zero-order valence-corrected chi connectivity index (χ0v) is 15.7. The molecule has 1 amide bonds. The fourth-order valence-corrected chi connectivity index (χ4v) is 4.17. The van der Waals surface area contributed by atoms with Crippen LogP contribution < -0.4 is 11.1 Å². The van der Waals surface area contributed by atoms with Crippen molar-refractivity contribution in [3.8, 4) is 0 Å². The molecule has 0 radical (unpaired) electrons. The molecule has 2 rings (SSSR count). The molecule has 0 aliphatic heterocycles. The summed E-state index contributed by atoms with van der Waals surface area (Å²) < 4.78 is 25.5. The lowest BCUT2D eigenvalue weighted by molar-refractivity contribution is 0.0952. The lowest BCUT2D eigenvalue weighted by Crippen LogP contribution is -2.32. The number of halogens is 1. The van der Waals surface area contributed by atoms with Crippen molar-refractivity contribution in [2.75, 3.05) is 20.6 Å². The van der Waals surface area contributed by atoms with Gasteiger partial charge in [-0.05, 0) is 17.0 Å². The van der Waals surface area contributed by atoms with E-state index in [0.29, 0.717) is 0 Å². The van der Waals surface area contributed by atoms with Gasteiger partial charge in [0.25, 0.3) is 5.91 Å². The molecule has 1 heterocycles. The first-order valence-electron chi connectivity index (χ1n) is 6.92. The van der Waals surface area contributed by atoms with E-state index in [1.165, 1.54) is 20.2 Å². The smallest absolute Gasteiger partial charge is 0.262 e. The molecule has 0 saturated heterocycles. The van der Waals surface area contributed by atoms with Crippen LogP contribution in [0.15, 0.2) is 46.7 Å². The van der Waals surface area contributed by atoms with Gasteiger partial charge in [0.1, 0.15) is 9.77 Å². The van der Waals surface area contributed by atoms with Crippen molar-refractivity contribution in [2.24, 2.45) is 5.73 Å². The van der Waals surface area contributed by atoms with Crippen molar-refractivity contribution >= 4 is 39.7 Å². The van der Waals surface area contributed by atoms with Crippen molar-refractivity contribution in [3.05, 3.63) is 52.2 Å². The number of thiophene rings is 1. The molecule has 0 aliphatic rings. The number of benzene rings is 1. The number of sulfonamides is 1. The highest BCUT2D eigenvalue weighted by atomic mass is 35.5. The normalized spacial score (nSPS) is 12.5. The Bertz CT molecular complexity index is 776. The van der Waals surface area contributed by atoms with E-state index in [4.69, 9.17) is 5.73 Å². The van der Waals surface area contributed by atoms with Gasteiger partial charge in [0.2, 0.25) is 10.0 Å². The van der Waals surface area contributed by atoms with Gasteiger partial charge in [-0.15, -0.1) is 23.7 Å². The molecule has 0 spiro atoms. The largest absolute Gasteiger partial charge is 0.349 e. The Hall–Kier alpha value is -1.45. The Kier molecular flexibility index (Phi) is 7.37. The number of nitrogens with one attached hydrogen (secondary N) is 1. The minimum atomic E-state index is -3.65. The highest BCUT2D eigenvalue weighted by Crippen LogP contribution is 2.24. The summed E-state index contributed by atoms with van der Waals surface area (Å²) in [6, 6.07) is 10.5. The number of nitrogens with two attached hydrogens (primary N) is 1. The average Bonchev–Trinajstić information content (AvgIpc) is 3.03. The lowest BCUT2D eigenvalue weighted by Gasteiger charge is -2.14. The lowest BCUT2D eigenvalue weighted by atomic mass is 10.1. The van der Waals surface area contributed by atoms with Crippen LogP contribution in [0.25, 0.3) is 0 Å². The molecule has 1 unspecified atom stereocenters. The van der Waals surface area contributed by atoms with E-state index in [9.17, 15) is 13.2 Å². The summed E-state index contributed by atoms with van der Waals surface area (Å²) in [7, 11) is -0.787. The van der Waals surface area contributed by atoms with Crippen LogP contribution in [0.4, 0.5) is 0 Å². The molecule has 0 aliphatic carbocycles. The summed E-state index contributed by atoms with van der Waals surface area (Å²) >= 11 is 1.09. The zero-order valence-electron chi connectivity index (χ0n) is 13.3. The van der Waals surface area contributed by atoms with E-state index in [-0.39, 0.29) is 34.8 Å². The van der Waals surface area contributed by atoms with Gasteiger partial charge in [-0.25, -0.2) is 12.7 Å². The molecule has 24 heavy (non-hydrogen) atoms. The van der Waals surface area contributed by atoms with Gasteiger partial charge in [0.05, 0.1) is 0 Å². The Labute approximate surface area is 152 Å². The summed E-state index contributed by atoms with van der Waals surface area (Å²) in [5.74, 6) is -0.438. The first-order valence-corrected chi connectivity index (χ1v) is 9.24. The van der Waals surface area contributed by atoms with E-state index < -0.39 is 15.9 Å². The second-order valence-electron chi connectivity index (χ2n) is 5.13. The SMILES string of the molecule is CN(C)S(=O)(=O)c1ccsc1C(=O)NCC(N)c1ccccc1.Cl. The molecule has 6 nitrogen and oxygen atoms in total. The van der Waals surface area contributed by atoms with Gasteiger partial charge in [-0.2, -0.15) is 0 Å². The van der Waals surface area contributed by atoms with Crippen molar-refractivity contribution in [1.82, 2.24) is 9.62 Å². The van der Waals surface area contributed by atoms with E-state index in [1.54, 1.807) is 5.38 Å². The van der Waals surface area contributed by atoms with Crippen molar-refractivity contribution in [1.29, 1.82) is 0 Å².